The lowest BCUT2D eigenvalue weighted by Crippen LogP contribution is -2.09. The molecule has 0 fully saturated rings. The molecule has 1 atom stereocenters. The first-order valence-corrected chi connectivity index (χ1v) is 3.55. The molecule has 0 amide bonds. The molecule has 3 heteroatoms. The van der Waals surface area contributed by atoms with E-state index in [1.165, 1.54) is 0 Å². The normalized spacial score (nSPS) is 11.7. The van der Waals surface area contributed by atoms with Gasteiger partial charge in [0.05, 0.1) is 12.7 Å². The minimum absolute atomic E-state index is 0.250. The maximum Gasteiger partial charge on any atom is 0.0745 e. The Morgan fingerprint density at radius 3 is 1.90 bits per heavy atom. The molecular weight excluding hydrogens is 132 g/mol. The van der Waals surface area contributed by atoms with E-state index in [1.54, 1.807) is 13.8 Å². The second kappa shape index (κ2) is 11.6. The van der Waals surface area contributed by atoms with Crippen molar-refractivity contribution < 1.29 is 14.9 Å². The number of hydrogen-bond acceptors (Lipinski definition) is 3. The summed E-state index contributed by atoms with van der Waals surface area (Å²) in [5.41, 5.74) is 0. The largest absolute Gasteiger partial charge is 0.397 e. The number of aliphatic hydroxyl groups is 2. The SMILES string of the molecule is CCO.CCOCC(C)O. The molecule has 0 aliphatic heterocycles. The van der Waals surface area contributed by atoms with Crippen LogP contribution in [-0.4, -0.2) is 36.1 Å². The van der Waals surface area contributed by atoms with Gasteiger partial charge < -0.3 is 14.9 Å². The van der Waals surface area contributed by atoms with Crippen LogP contribution in [0.2, 0.25) is 0 Å². The molecular formula is C7H18O3. The van der Waals surface area contributed by atoms with Crippen LogP contribution < -0.4 is 0 Å². The number of hydrogen-bond donors (Lipinski definition) is 2. The second-order valence-electron chi connectivity index (χ2n) is 1.82. The maximum atomic E-state index is 8.56. The van der Waals surface area contributed by atoms with Gasteiger partial charge in [-0.05, 0) is 20.8 Å². The molecule has 0 aliphatic rings. The van der Waals surface area contributed by atoms with Crippen molar-refractivity contribution in [1.82, 2.24) is 0 Å². The summed E-state index contributed by atoms with van der Waals surface area (Å²) >= 11 is 0. The summed E-state index contributed by atoms with van der Waals surface area (Å²) in [7, 11) is 0. The molecule has 0 saturated heterocycles. The minimum Gasteiger partial charge on any atom is -0.397 e. The summed E-state index contributed by atoms with van der Waals surface area (Å²) in [6, 6.07) is 0. The lowest BCUT2D eigenvalue weighted by atomic mass is 10.4. The van der Waals surface area contributed by atoms with E-state index in [2.05, 4.69) is 0 Å². The van der Waals surface area contributed by atoms with Gasteiger partial charge in [-0.3, -0.25) is 0 Å². The molecule has 0 aromatic heterocycles. The molecule has 64 valence electrons. The predicted molar refractivity (Wildman–Crippen MR) is 40.9 cm³/mol. The highest BCUT2D eigenvalue weighted by molar-refractivity contribution is 4.38. The Kier molecular flexibility index (Phi) is 14.6. The highest BCUT2D eigenvalue weighted by Crippen LogP contribution is 1.79. The van der Waals surface area contributed by atoms with Gasteiger partial charge in [-0.25, -0.2) is 0 Å². The predicted octanol–water partition coefficient (Wildman–Crippen LogP) is 0.402. The van der Waals surface area contributed by atoms with Crippen molar-refractivity contribution in [3.05, 3.63) is 0 Å². The Morgan fingerprint density at radius 2 is 1.80 bits per heavy atom. The monoisotopic (exact) mass is 150 g/mol. The Morgan fingerprint density at radius 1 is 1.40 bits per heavy atom. The molecule has 0 spiro atoms. The van der Waals surface area contributed by atoms with E-state index in [9.17, 15) is 0 Å². The van der Waals surface area contributed by atoms with E-state index in [0.717, 1.165) is 0 Å². The molecule has 0 aromatic carbocycles. The first-order valence-electron chi connectivity index (χ1n) is 3.55. The molecule has 0 radical (unpaired) electrons. The zero-order valence-electron chi connectivity index (χ0n) is 7.00. The smallest absolute Gasteiger partial charge is 0.0745 e. The van der Waals surface area contributed by atoms with Crippen molar-refractivity contribution in [2.24, 2.45) is 0 Å². The third-order valence-corrected chi connectivity index (χ3v) is 0.563. The van der Waals surface area contributed by atoms with Crippen molar-refractivity contribution in [2.75, 3.05) is 19.8 Å². The van der Waals surface area contributed by atoms with E-state index >= 15 is 0 Å². The van der Waals surface area contributed by atoms with Crippen molar-refractivity contribution in [1.29, 1.82) is 0 Å². The standard InChI is InChI=1S/C5H12O2.C2H6O/c1-3-7-4-5(2)6;1-2-3/h5-6H,3-4H2,1-2H3;3H,2H2,1H3. The van der Waals surface area contributed by atoms with Crippen molar-refractivity contribution in [3.63, 3.8) is 0 Å². The Balaban J connectivity index is 0. The first kappa shape index (κ1) is 12.5. The molecule has 0 aliphatic carbocycles. The van der Waals surface area contributed by atoms with E-state index in [0.29, 0.717) is 13.2 Å². The van der Waals surface area contributed by atoms with Crippen molar-refractivity contribution in [3.8, 4) is 0 Å². The quantitative estimate of drug-likeness (QED) is 0.612. The minimum atomic E-state index is -0.319. The molecule has 0 bridgehead atoms. The van der Waals surface area contributed by atoms with Crippen LogP contribution in [-0.2, 0) is 4.74 Å². The van der Waals surface area contributed by atoms with Gasteiger partial charge in [0.15, 0.2) is 0 Å². The number of rotatable bonds is 3. The molecule has 3 nitrogen and oxygen atoms in total. The molecule has 0 aromatic rings. The average molecular weight is 150 g/mol. The van der Waals surface area contributed by atoms with Gasteiger partial charge in [0.25, 0.3) is 0 Å². The third-order valence-electron chi connectivity index (χ3n) is 0.563. The van der Waals surface area contributed by atoms with Crippen LogP contribution in [0.1, 0.15) is 20.8 Å². The zero-order chi connectivity index (χ0) is 8.41. The summed E-state index contributed by atoms with van der Waals surface area (Å²) in [5, 5.41) is 16.1. The van der Waals surface area contributed by atoms with Gasteiger partial charge in [-0.1, -0.05) is 0 Å². The summed E-state index contributed by atoms with van der Waals surface area (Å²) in [5.74, 6) is 0. The van der Waals surface area contributed by atoms with Crippen LogP contribution in [0.5, 0.6) is 0 Å². The average Bonchev–Trinajstić information content (AvgIpc) is 1.85. The fourth-order valence-corrected chi connectivity index (χ4v) is 0.288. The van der Waals surface area contributed by atoms with Crippen molar-refractivity contribution >= 4 is 0 Å². The zero-order valence-corrected chi connectivity index (χ0v) is 7.00. The summed E-state index contributed by atoms with van der Waals surface area (Å²) in [6.45, 7) is 6.68. The molecule has 2 N–H and O–H groups in total. The topological polar surface area (TPSA) is 49.7 Å². The van der Waals surface area contributed by atoms with Crippen LogP contribution in [0.15, 0.2) is 0 Å². The fraction of sp³-hybridized carbons (Fsp3) is 1.00. The Hall–Kier alpha value is -0.120. The van der Waals surface area contributed by atoms with Gasteiger partial charge in [0.1, 0.15) is 0 Å². The Bertz CT molecular complexity index is 46.1. The molecule has 10 heavy (non-hydrogen) atoms. The summed E-state index contributed by atoms with van der Waals surface area (Å²) < 4.78 is 4.84. The van der Waals surface area contributed by atoms with Gasteiger partial charge in [-0.15, -0.1) is 0 Å². The molecule has 0 heterocycles. The van der Waals surface area contributed by atoms with Crippen LogP contribution >= 0.6 is 0 Å². The van der Waals surface area contributed by atoms with Gasteiger partial charge >= 0.3 is 0 Å². The molecule has 1 unspecified atom stereocenters. The van der Waals surface area contributed by atoms with E-state index < -0.39 is 0 Å². The maximum absolute atomic E-state index is 8.56. The van der Waals surface area contributed by atoms with E-state index in [-0.39, 0.29) is 12.7 Å². The first-order chi connectivity index (χ1) is 4.68. The number of aliphatic hydroxyl groups excluding tert-OH is 2. The lowest BCUT2D eigenvalue weighted by molar-refractivity contribution is 0.0527. The highest BCUT2D eigenvalue weighted by Gasteiger charge is 1.89. The van der Waals surface area contributed by atoms with Gasteiger partial charge in [-0.2, -0.15) is 0 Å². The van der Waals surface area contributed by atoms with Gasteiger partial charge in [0.2, 0.25) is 0 Å². The summed E-state index contributed by atoms with van der Waals surface area (Å²) in [6.07, 6.45) is -0.319. The van der Waals surface area contributed by atoms with Crippen LogP contribution in [0.25, 0.3) is 0 Å². The molecule has 0 rings (SSSR count). The third kappa shape index (κ3) is 24.8. The number of ether oxygens (including phenoxy) is 1. The lowest BCUT2D eigenvalue weighted by Gasteiger charge is -2.00. The fourth-order valence-electron chi connectivity index (χ4n) is 0.288. The van der Waals surface area contributed by atoms with Crippen LogP contribution in [0.3, 0.4) is 0 Å². The molecule has 0 saturated carbocycles. The highest BCUT2D eigenvalue weighted by atomic mass is 16.5. The van der Waals surface area contributed by atoms with Gasteiger partial charge in [0, 0.05) is 13.2 Å². The Labute approximate surface area is 62.6 Å². The summed E-state index contributed by atoms with van der Waals surface area (Å²) in [4.78, 5) is 0. The van der Waals surface area contributed by atoms with Crippen LogP contribution in [0.4, 0.5) is 0 Å². The van der Waals surface area contributed by atoms with E-state index in [4.69, 9.17) is 14.9 Å². The van der Waals surface area contributed by atoms with Crippen molar-refractivity contribution in [2.45, 2.75) is 26.9 Å². The second-order valence-corrected chi connectivity index (χ2v) is 1.82. The van der Waals surface area contributed by atoms with E-state index in [1.807, 2.05) is 6.92 Å². The van der Waals surface area contributed by atoms with Crippen LogP contribution in [0, 0.1) is 0 Å².